The number of aryl methyl sites for hydroxylation is 1. The minimum atomic E-state index is 0.121. The van der Waals surface area contributed by atoms with E-state index in [2.05, 4.69) is 0 Å². The normalized spacial score (nSPS) is 14.4. The van der Waals surface area contributed by atoms with Gasteiger partial charge in [0.05, 0.1) is 0 Å². The van der Waals surface area contributed by atoms with Crippen LogP contribution in [0.1, 0.15) is 24.1 Å². The molecule has 0 spiro atoms. The molecule has 0 atom stereocenters. The highest BCUT2D eigenvalue weighted by molar-refractivity contribution is 6.17. The Bertz CT molecular complexity index is 383. The number of pyridine rings is 1. The molecule has 0 aliphatic heterocycles. The largest absolute Gasteiger partial charge is 0.312 e. The Morgan fingerprint density at radius 3 is 3.00 bits per heavy atom. The van der Waals surface area contributed by atoms with Gasteiger partial charge in [-0.15, -0.1) is 11.6 Å². The third-order valence-corrected chi connectivity index (χ3v) is 3.03. The molecule has 0 amide bonds. The molecule has 0 unspecified atom stereocenters. The molecule has 0 saturated heterocycles. The second-order valence-electron chi connectivity index (χ2n) is 3.69. The van der Waals surface area contributed by atoms with Gasteiger partial charge in [-0.05, 0) is 31.2 Å². The van der Waals surface area contributed by atoms with Gasteiger partial charge >= 0.3 is 0 Å². The molecular weight excluding hydrogens is 198 g/mol. The first kappa shape index (κ1) is 9.78. The molecule has 1 heterocycles. The average molecular weight is 212 g/mol. The number of fused-ring (bicyclic) bond motifs is 1. The molecule has 2 nitrogen and oxygen atoms in total. The van der Waals surface area contributed by atoms with Gasteiger partial charge < -0.3 is 4.57 Å². The summed E-state index contributed by atoms with van der Waals surface area (Å²) in [6.07, 6.45) is 4.22. The number of hydrogen-bond donors (Lipinski definition) is 0. The summed E-state index contributed by atoms with van der Waals surface area (Å²) in [6, 6.07) is 3.65. The number of alkyl halides is 1. The summed E-state index contributed by atoms with van der Waals surface area (Å²) in [4.78, 5) is 11.6. The van der Waals surface area contributed by atoms with Crippen LogP contribution in [0.3, 0.4) is 0 Å². The number of hydrogen-bond acceptors (Lipinski definition) is 1. The molecule has 0 fully saturated rings. The zero-order valence-corrected chi connectivity index (χ0v) is 8.89. The van der Waals surface area contributed by atoms with Crippen molar-refractivity contribution in [2.75, 3.05) is 5.88 Å². The van der Waals surface area contributed by atoms with Crippen LogP contribution in [0.15, 0.2) is 16.9 Å². The maximum Gasteiger partial charge on any atom is 0.250 e. The Balaban J connectivity index is 2.36. The van der Waals surface area contributed by atoms with E-state index in [4.69, 9.17) is 11.6 Å². The van der Waals surface area contributed by atoms with Crippen LogP contribution in [0.4, 0.5) is 0 Å². The molecule has 1 aromatic heterocycles. The Morgan fingerprint density at radius 2 is 2.21 bits per heavy atom. The fourth-order valence-corrected chi connectivity index (χ4v) is 2.22. The van der Waals surface area contributed by atoms with Crippen LogP contribution in [0.5, 0.6) is 0 Å². The molecule has 3 heteroatoms. The molecule has 0 bridgehead atoms. The van der Waals surface area contributed by atoms with Crippen molar-refractivity contribution in [3.63, 3.8) is 0 Å². The van der Waals surface area contributed by atoms with Crippen LogP contribution in [0, 0.1) is 0 Å². The highest BCUT2D eigenvalue weighted by Gasteiger charge is 2.14. The van der Waals surface area contributed by atoms with Crippen molar-refractivity contribution < 1.29 is 0 Å². The van der Waals surface area contributed by atoms with Crippen molar-refractivity contribution in [2.45, 2.75) is 32.2 Å². The van der Waals surface area contributed by atoms with E-state index in [-0.39, 0.29) is 5.56 Å². The van der Waals surface area contributed by atoms with Gasteiger partial charge in [-0.3, -0.25) is 4.79 Å². The van der Waals surface area contributed by atoms with Gasteiger partial charge in [-0.25, -0.2) is 0 Å². The van der Waals surface area contributed by atoms with Crippen LogP contribution in [-0.2, 0) is 19.4 Å². The molecule has 0 saturated carbocycles. The van der Waals surface area contributed by atoms with Gasteiger partial charge in [0.15, 0.2) is 0 Å². The molecular formula is C11H14ClNO. The molecule has 0 radical (unpaired) electrons. The lowest BCUT2D eigenvalue weighted by Crippen LogP contribution is -2.22. The fourth-order valence-electron chi connectivity index (χ4n) is 2.10. The van der Waals surface area contributed by atoms with Gasteiger partial charge in [-0.2, -0.15) is 0 Å². The second kappa shape index (κ2) is 4.18. The van der Waals surface area contributed by atoms with Gasteiger partial charge in [0.2, 0.25) is 0 Å². The van der Waals surface area contributed by atoms with Crippen LogP contribution in [0.25, 0.3) is 0 Å². The number of halogens is 1. The van der Waals surface area contributed by atoms with Gasteiger partial charge in [-0.1, -0.05) is 6.07 Å². The van der Waals surface area contributed by atoms with Crippen LogP contribution < -0.4 is 5.56 Å². The van der Waals surface area contributed by atoms with E-state index in [0.717, 1.165) is 25.8 Å². The van der Waals surface area contributed by atoms with Crippen LogP contribution in [0.2, 0.25) is 0 Å². The van der Waals surface area contributed by atoms with E-state index in [0.29, 0.717) is 5.88 Å². The Labute approximate surface area is 88.5 Å². The van der Waals surface area contributed by atoms with Crippen LogP contribution in [-0.4, -0.2) is 10.4 Å². The highest BCUT2D eigenvalue weighted by Crippen LogP contribution is 2.19. The van der Waals surface area contributed by atoms with E-state index in [9.17, 15) is 4.79 Å². The van der Waals surface area contributed by atoms with E-state index < -0.39 is 0 Å². The lowest BCUT2D eigenvalue weighted by molar-refractivity contribution is 0.626. The van der Waals surface area contributed by atoms with Crippen molar-refractivity contribution in [3.8, 4) is 0 Å². The fraction of sp³-hybridized carbons (Fsp3) is 0.545. The molecule has 1 aliphatic rings. The monoisotopic (exact) mass is 211 g/mol. The molecule has 76 valence electrons. The quantitative estimate of drug-likeness (QED) is 0.701. The first-order valence-electron chi connectivity index (χ1n) is 5.10. The SMILES string of the molecule is O=c1ccc2c(n1CCCCl)CCC2. The smallest absolute Gasteiger partial charge is 0.250 e. The second-order valence-corrected chi connectivity index (χ2v) is 4.07. The minimum absolute atomic E-state index is 0.121. The standard InChI is InChI=1S/C11H14ClNO/c12-7-2-8-13-10-4-1-3-9(10)5-6-11(13)14/h5-6H,1-4,7-8H2. The van der Waals surface area contributed by atoms with Gasteiger partial charge in [0, 0.05) is 24.2 Å². The highest BCUT2D eigenvalue weighted by atomic mass is 35.5. The molecule has 1 aliphatic carbocycles. The van der Waals surface area contributed by atoms with Crippen LogP contribution >= 0.6 is 11.6 Å². The van der Waals surface area contributed by atoms with Gasteiger partial charge in [0.1, 0.15) is 0 Å². The van der Waals surface area contributed by atoms with Crippen molar-refractivity contribution in [1.29, 1.82) is 0 Å². The van der Waals surface area contributed by atoms with E-state index in [1.165, 1.54) is 17.7 Å². The predicted octanol–water partition coefficient (Wildman–Crippen LogP) is 1.97. The molecule has 0 aromatic carbocycles. The van der Waals surface area contributed by atoms with Gasteiger partial charge in [0.25, 0.3) is 5.56 Å². The third kappa shape index (κ3) is 1.71. The summed E-state index contributed by atoms with van der Waals surface area (Å²) in [5.41, 5.74) is 2.71. The first-order chi connectivity index (χ1) is 6.83. The Kier molecular flexibility index (Phi) is 2.92. The lowest BCUT2D eigenvalue weighted by atomic mass is 10.2. The predicted molar refractivity (Wildman–Crippen MR) is 58.1 cm³/mol. The summed E-state index contributed by atoms with van der Waals surface area (Å²) >= 11 is 5.64. The summed E-state index contributed by atoms with van der Waals surface area (Å²) in [5.74, 6) is 0.621. The minimum Gasteiger partial charge on any atom is -0.312 e. The van der Waals surface area contributed by atoms with Crippen molar-refractivity contribution in [3.05, 3.63) is 33.7 Å². The maximum absolute atomic E-state index is 11.6. The average Bonchev–Trinajstić information content (AvgIpc) is 2.64. The zero-order valence-electron chi connectivity index (χ0n) is 8.13. The summed E-state index contributed by atoms with van der Waals surface area (Å²) in [5, 5.41) is 0. The molecule has 1 aromatic rings. The molecule has 0 N–H and O–H groups in total. The van der Waals surface area contributed by atoms with Crippen molar-refractivity contribution in [2.24, 2.45) is 0 Å². The Hall–Kier alpha value is -0.760. The Morgan fingerprint density at radius 1 is 1.36 bits per heavy atom. The summed E-state index contributed by atoms with van der Waals surface area (Å²) in [7, 11) is 0. The first-order valence-corrected chi connectivity index (χ1v) is 5.64. The number of nitrogens with zero attached hydrogens (tertiary/aromatic N) is 1. The van der Waals surface area contributed by atoms with Crippen molar-refractivity contribution >= 4 is 11.6 Å². The van der Waals surface area contributed by atoms with E-state index in [1.807, 2.05) is 10.6 Å². The van der Waals surface area contributed by atoms with Crippen molar-refractivity contribution in [1.82, 2.24) is 4.57 Å². The zero-order chi connectivity index (χ0) is 9.97. The lowest BCUT2D eigenvalue weighted by Gasteiger charge is -2.10. The van der Waals surface area contributed by atoms with E-state index in [1.54, 1.807) is 6.07 Å². The number of rotatable bonds is 3. The number of aromatic nitrogens is 1. The summed E-state index contributed by atoms with van der Waals surface area (Å²) < 4.78 is 1.89. The molecule has 14 heavy (non-hydrogen) atoms. The summed E-state index contributed by atoms with van der Waals surface area (Å²) in [6.45, 7) is 0.769. The third-order valence-electron chi connectivity index (χ3n) is 2.76. The topological polar surface area (TPSA) is 22.0 Å². The molecule has 2 rings (SSSR count). The maximum atomic E-state index is 11.6. The van der Waals surface area contributed by atoms with E-state index >= 15 is 0 Å².